The fourth-order valence-corrected chi connectivity index (χ4v) is 3.29. The lowest BCUT2D eigenvalue weighted by atomic mass is 10.1. The van der Waals surface area contributed by atoms with Gasteiger partial charge < -0.3 is 24.6 Å². The number of anilines is 1. The zero-order valence-electron chi connectivity index (χ0n) is 14.9. The third kappa shape index (κ3) is 3.52. The number of esters is 1. The summed E-state index contributed by atoms with van der Waals surface area (Å²) >= 11 is 0. The number of benzene rings is 1. The summed E-state index contributed by atoms with van der Waals surface area (Å²) in [6, 6.07) is 0.953. The first kappa shape index (κ1) is 19.2. The summed E-state index contributed by atoms with van der Waals surface area (Å²) in [5.41, 5.74) is -1.48. The zero-order valence-corrected chi connectivity index (χ0v) is 14.9. The third-order valence-corrected chi connectivity index (χ3v) is 4.50. The van der Waals surface area contributed by atoms with Crippen LogP contribution in [0.15, 0.2) is 17.1 Å². The van der Waals surface area contributed by atoms with Gasteiger partial charge in [-0.2, -0.15) is 0 Å². The van der Waals surface area contributed by atoms with E-state index in [0.29, 0.717) is 26.2 Å². The van der Waals surface area contributed by atoms with Crippen LogP contribution in [0.5, 0.6) is 0 Å². The predicted octanol–water partition coefficient (Wildman–Crippen LogP) is 0.858. The molecule has 0 aliphatic carbocycles. The second-order valence-corrected chi connectivity index (χ2v) is 6.16. The monoisotopic (exact) mass is 381 g/mol. The number of aliphatic hydroxyl groups excluding tert-OH is 1. The highest BCUT2D eigenvalue weighted by atomic mass is 19.1. The van der Waals surface area contributed by atoms with Gasteiger partial charge in [-0.05, 0) is 13.0 Å². The van der Waals surface area contributed by atoms with Gasteiger partial charge in [0.05, 0.1) is 24.1 Å². The lowest BCUT2D eigenvalue weighted by Crippen LogP contribution is -2.44. The van der Waals surface area contributed by atoms with Crippen molar-refractivity contribution >= 4 is 22.6 Å². The van der Waals surface area contributed by atoms with Gasteiger partial charge in [-0.25, -0.2) is 13.6 Å². The molecule has 2 heterocycles. The topological polar surface area (TPSA) is 83.8 Å². The Morgan fingerprint density at radius 2 is 2.04 bits per heavy atom. The molecule has 1 saturated heterocycles. The van der Waals surface area contributed by atoms with E-state index in [1.54, 1.807) is 11.8 Å². The van der Waals surface area contributed by atoms with Crippen LogP contribution in [0.1, 0.15) is 17.3 Å². The van der Waals surface area contributed by atoms with E-state index in [-0.39, 0.29) is 41.9 Å². The van der Waals surface area contributed by atoms with Crippen molar-refractivity contribution in [1.29, 1.82) is 0 Å². The third-order valence-electron chi connectivity index (χ3n) is 4.50. The number of carbonyl (C=O) groups excluding carboxylic acids is 1. The van der Waals surface area contributed by atoms with Gasteiger partial charge in [0.15, 0.2) is 5.82 Å². The minimum absolute atomic E-state index is 0.0565. The van der Waals surface area contributed by atoms with Crippen molar-refractivity contribution in [3.63, 3.8) is 0 Å². The van der Waals surface area contributed by atoms with E-state index in [4.69, 9.17) is 4.74 Å². The molecular weight excluding hydrogens is 360 g/mol. The van der Waals surface area contributed by atoms with E-state index < -0.39 is 23.0 Å². The molecule has 9 heteroatoms. The summed E-state index contributed by atoms with van der Waals surface area (Å²) in [5.74, 6) is -2.62. The average molecular weight is 381 g/mol. The molecule has 0 saturated carbocycles. The molecule has 1 aromatic carbocycles. The van der Waals surface area contributed by atoms with Gasteiger partial charge in [0.1, 0.15) is 17.1 Å². The van der Waals surface area contributed by atoms with Crippen molar-refractivity contribution in [2.75, 3.05) is 44.3 Å². The molecule has 1 fully saturated rings. The smallest absolute Gasteiger partial charge is 0.343 e. The van der Waals surface area contributed by atoms with Crippen molar-refractivity contribution in [2.24, 2.45) is 0 Å². The molecule has 146 valence electrons. The van der Waals surface area contributed by atoms with Crippen molar-refractivity contribution in [2.45, 2.75) is 13.5 Å². The molecule has 1 aromatic heterocycles. The molecule has 2 N–H and O–H groups in total. The Morgan fingerprint density at radius 3 is 2.67 bits per heavy atom. The highest BCUT2D eigenvalue weighted by molar-refractivity contribution is 5.94. The number of pyridine rings is 1. The first-order valence-corrected chi connectivity index (χ1v) is 8.78. The van der Waals surface area contributed by atoms with Crippen LogP contribution in [0.25, 0.3) is 10.9 Å². The molecule has 1 aliphatic rings. The van der Waals surface area contributed by atoms with Crippen molar-refractivity contribution < 1.29 is 23.4 Å². The number of nitrogens with zero attached hydrogens (tertiary/aromatic N) is 2. The Balaban J connectivity index is 2.27. The number of fused-ring (bicyclic) bond motifs is 1. The highest BCUT2D eigenvalue weighted by Crippen LogP contribution is 2.30. The molecule has 0 spiro atoms. The normalized spacial score (nSPS) is 14.6. The molecule has 27 heavy (non-hydrogen) atoms. The van der Waals surface area contributed by atoms with Gasteiger partial charge in [0, 0.05) is 38.9 Å². The zero-order chi connectivity index (χ0) is 19.6. The van der Waals surface area contributed by atoms with Gasteiger partial charge in [-0.15, -0.1) is 0 Å². The van der Waals surface area contributed by atoms with E-state index in [1.807, 2.05) is 0 Å². The maximum absolute atomic E-state index is 15.3. The second-order valence-electron chi connectivity index (χ2n) is 6.16. The fourth-order valence-electron chi connectivity index (χ4n) is 3.29. The van der Waals surface area contributed by atoms with Crippen LogP contribution in [-0.4, -0.2) is 55.0 Å². The Hall–Kier alpha value is -2.52. The second kappa shape index (κ2) is 8.01. The number of ether oxygens (including phenoxy) is 1. The molecule has 0 radical (unpaired) electrons. The first-order chi connectivity index (χ1) is 13.0. The first-order valence-electron chi connectivity index (χ1n) is 8.78. The Kier molecular flexibility index (Phi) is 5.71. The Morgan fingerprint density at radius 1 is 1.33 bits per heavy atom. The molecule has 1 aliphatic heterocycles. The van der Waals surface area contributed by atoms with Crippen molar-refractivity contribution in [3.8, 4) is 0 Å². The van der Waals surface area contributed by atoms with E-state index in [9.17, 15) is 19.1 Å². The van der Waals surface area contributed by atoms with E-state index in [1.165, 1.54) is 4.57 Å². The van der Waals surface area contributed by atoms with Gasteiger partial charge in [-0.3, -0.25) is 4.79 Å². The summed E-state index contributed by atoms with van der Waals surface area (Å²) in [7, 11) is 0. The van der Waals surface area contributed by atoms with Crippen LogP contribution in [0.3, 0.4) is 0 Å². The van der Waals surface area contributed by atoms with Crippen LogP contribution >= 0.6 is 0 Å². The van der Waals surface area contributed by atoms with Gasteiger partial charge >= 0.3 is 5.97 Å². The van der Waals surface area contributed by atoms with Crippen molar-refractivity contribution in [3.05, 3.63) is 39.7 Å². The van der Waals surface area contributed by atoms with Crippen LogP contribution in [0.4, 0.5) is 14.5 Å². The number of nitrogens with one attached hydrogen (secondary N) is 1. The summed E-state index contributed by atoms with van der Waals surface area (Å²) in [5, 5.41) is 12.2. The summed E-state index contributed by atoms with van der Waals surface area (Å²) < 4.78 is 36.1. The minimum Gasteiger partial charge on any atom is -0.462 e. The summed E-state index contributed by atoms with van der Waals surface area (Å²) in [6.45, 7) is 3.25. The number of halogens is 2. The molecule has 0 bridgehead atoms. The fraction of sp³-hybridized carbons (Fsp3) is 0.444. The van der Waals surface area contributed by atoms with Crippen LogP contribution < -0.4 is 15.6 Å². The number of hydrogen-bond donors (Lipinski definition) is 2. The standard InChI is InChI=1S/C18H21F2N3O4/c1-2-27-18(26)12-10-23(7-8-24)15-11(17(12)25)9-13(19)16(14(15)20)22-5-3-21-4-6-22/h9-10,21,24H,2-8H2,1H3. The van der Waals surface area contributed by atoms with Crippen LogP contribution in [-0.2, 0) is 11.3 Å². The molecule has 0 atom stereocenters. The minimum atomic E-state index is -0.882. The quantitative estimate of drug-likeness (QED) is 0.748. The number of piperazine rings is 1. The van der Waals surface area contributed by atoms with Gasteiger partial charge in [-0.1, -0.05) is 0 Å². The summed E-state index contributed by atoms with van der Waals surface area (Å²) in [6.07, 6.45) is 1.15. The van der Waals surface area contributed by atoms with Gasteiger partial charge in [0.25, 0.3) is 0 Å². The lowest BCUT2D eigenvalue weighted by Gasteiger charge is -2.30. The number of hydrogen-bond acceptors (Lipinski definition) is 6. The van der Waals surface area contributed by atoms with E-state index in [0.717, 1.165) is 12.3 Å². The van der Waals surface area contributed by atoms with Gasteiger partial charge in [0.2, 0.25) is 5.43 Å². The van der Waals surface area contributed by atoms with E-state index in [2.05, 4.69) is 5.32 Å². The van der Waals surface area contributed by atoms with E-state index >= 15 is 4.39 Å². The molecule has 7 nitrogen and oxygen atoms in total. The van der Waals surface area contributed by atoms with Crippen molar-refractivity contribution in [1.82, 2.24) is 9.88 Å². The molecular formula is C18H21F2N3O4. The molecule has 3 rings (SSSR count). The number of carbonyl (C=O) groups is 1. The highest BCUT2D eigenvalue weighted by Gasteiger charge is 2.26. The SMILES string of the molecule is CCOC(=O)c1cn(CCO)c2c(F)c(N3CCNCC3)c(F)cc2c1=O. The maximum Gasteiger partial charge on any atom is 0.343 e. The molecule has 2 aromatic rings. The summed E-state index contributed by atoms with van der Waals surface area (Å²) in [4.78, 5) is 26.3. The Labute approximate surface area is 154 Å². The van der Waals surface area contributed by atoms with Crippen LogP contribution in [0, 0.1) is 11.6 Å². The average Bonchev–Trinajstić information content (AvgIpc) is 2.65. The van der Waals surface area contributed by atoms with Crippen LogP contribution in [0.2, 0.25) is 0 Å². The molecule has 0 unspecified atom stereocenters. The Bertz CT molecular complexity index is 923. The number of rotatable bonds is 5. The largest absolute Gasteiger partial charge is 0.462 e. The maximum atomic E-state index is 15.3. The number of aliphatic hydroxyl groups is 1. The lowest BCUT2D eigenvalue weighted by molar-refractivity contribution is 0.0524. The number of aromatic nitrogens is 1. The molecule has 0 amide bonds. The predicted molar refractivity (Wildman–Crippen MR) is 96.2 cm³/mol.